The second-order valence-electron chi connectivity index (χ2n) is 9.97. The van der Waals surface area contributed by atoms with Crippen molar-refractivity contribution in [3.05, 3.63) is 113 Å². The Hall–Kier alpha value is -4.71. The highest BCUT2D eigenvalue weighted by Crippen LogP contribution is 2.35. The van der Waals surface area contributed by atoms with Gasteiger partial charge in [-0.2, -0.15) is 4.98 Å². The Morgan fingerprint density at radius 2 is 1.87 bits per heavy atom. The van der Waals surface area contributed by atoms with Gasteiger partial charge in [0.05, 0.1) is 33.0 Å². The minimum absolute atomic E-state index is 0.0696. The van der Waals surface area contributed by atoms with Gasteiger partial charge in [-0.3, -0.25) is 9.78 Å². The minimum Gasteiger partial charge on any atom is -0.368 e. The van der Waals surface area contributed by atoms with E-state index in [4.69, 9.17) is 33.9 Å². The number of nitrogens with zero attached hydrogens (tertiary/aromatic N) is 5. The summed E-state index contributed by atoms with van der Waals surface area (Å²) in [4.78, 5) is 32.5. The van der Waals surface area contributed by atoms with E-state index in [0.29, 0.717) is 45.7 Å². The topological polar surface area (TPSA) is 121 Å². The number of likely N-dealkylation sites (N-methyl/N-ethyl adjacent to an activating group) is 1. The van der Waals surface area contributed by atoms with Crippen LogP contribution in [0.5, 0.6) is 0 Å². The molecule has 234 valence electrons. The maximum absolute atomic E-state index is 14.6. The first-order valence-corrected chi connectivity index (χ1v) is 15.7. The highest BCUT2D eigenvalue weighted by molar-refractivity contribution is 8.00. The molecule has 0 radical (unpaired) electrons. The summed E-state index contributed by atoms with van der Waals surface area (Å²) in [5, 5.41) is 4.34. The lowest BCUT2D eigenvalue weighted by molar-refractivity contribution is 0.112. The van der Waals surface area contributed by atoms with Crippen molar-refractivity contribution in [1.82, 2.24) is 15.0 Å². The number of anilines is 4. The average Bonchev–Trinajstić information content (AvgIpc) is 3.07. The molecule has 0 aliphatic rings. The predicted octanol–water partition coefficient (Wildman–Crippen LogP) is 8.56. The van der Waals surface area contributed by atoms with E-state index in [0.717, 1.165) is 16.1 Å². The quantitative estimate of drug-likeness (QED) is 0.0547. The number of nitrogens with two attached hydrogens (primary N) is 1. The van der Waals surface area contributed by atoms with Gasteiger partial charge >= 0.3 is 0 Å². The summed E-state index contributed by atoms with van der Waals surface area (Å²) in [6, 6.07) is 20.8. The Labute approximate surface area is 280 Å². The van der Waals surface area contributed by atoms with Crippen molar-refractivity contribution in [2.45, 2.75) is 24.3 Å². The maximum atomic E-state index is 14.6. The highest BCUT2D eigenvalue weighted by atomic mass is 35.5. The first-order chi connectivity index (χ1) is 22.3. The number of aldehydes is 1. The van der Waals surface area contributed by atoms with E-state index in [1.54, 1.807) is 36.8 Å². The summed E-state index contributed by atoms with van der Waals surface area (Å²) in [6.07, 6.45) is 6.05. The van der Waals surface area contributed by atoms with Gasteiger partial charge in [0, 0.05) is 47.3 Å². The molecule has 0 saturated carbocycles. The molecule has 0 aliphatic heterocycles. The molecule has 0 bridgehead atoms. The highest BCUT2D eigenvalue weighted by Gasteiger charge is 2.23. The van der Waals surface area contributed by atoms with E-state index in [1.807, 2.05) is 61.3 Å². The molecule has 4 N–H and O–H groups in total. The molecule has 0 aliphatic carbocycles. The molecule has 5 rings (SSSR count). The molecule has 3 aromatic carbocycles. The normalized spacial score (nSPS) is 12.0. The number of amidine groups is 1. The van der Waals surface area contributed by atoms with Gasteiger partial charge < -0.3 is 20.7 Å². The van der Waals surface area contributed by atoms with Crippen LogP contribution in [0.15, 0.2) is 101 Å². The van der Waals surface area contributed by atoms with Gasteiger partial charge in [-0.25, -0.2) is 14.4 Å². The smallest absolute Gasteiger partial charge is 0.221 e. The number of hydrogen-bond acceptors (Lipinski definition) is 9. The van der Waals surface area contributed by atoms with Crippen molar-refractivity contribution in [2.24, 2.45) is 4.99 Å². The monoisotopic (exact) mass is 674 g/mol. The Morgan fingerprint density at radius 3 is 2.63 bits per heavy atom. The second kappa shape index (κ2) is 15.0. The zero-order chi connectivity index (χ0) is 32.6. The third-order valence-corrected chi connectivity index (χ3v) is 8.56. The van der Waals surface area contributed by atoms with Crippen molar-refractivity contribution in [3.8, 4) is 11.1 Å². The van der Waals surface area contributed by atoms with E-state index in [2.05, 4.69) is 25.0 Å². The molecule has 2 aromatic heterocycles. The van der Waals surface area contributed by atoms with Crippen LogP contribution in [0.25, 0.3) is 11.1 Å². The van der Waals surface area contributed by atoms with Crippen LogP contribution in [0.4, 0.5) is 33.2 Å². The number of halogens is 3. The van der Waals surface area contributed by atoms with E-state index < -0.39 is 11.9 Å². The molecule has 1 unspecified atom stereocenters. The van der Waals surface area contributed by atoms with Crippen LogP contribution in [0.1, 0.15) is 23.7 Å². The van der Waals surface area contributed by atoms with Gasteiger partial charge in [-0.15, -0.1) is 0 Å². The zero-order valence-corrected chi connectivity index (χ0v) is 27.1. The van der Waals surface area contributed by atoms with Crippen LogP contribution in [0, 0.1) is 5.82 Å². The summed E-state index contributed by atoms with van der Waals surface area (Å²) < 4.78 is 17.8. The SMILES string of the molecule is CCC(Nc1nc(N)ncc1-c1cncc(SNc2cccc(Cl)c2Cl)c1)C(=Nc1cccc(F)c1C=O)N(C)c1ccccc1. The summed E-state index contributed by atoms with van der Waals surface area (Å²) in [5.74, 6) is 0.385. The van der Waals surface area contributed by atoms with Crippen LogP contribution in [-0.2, 0) is 0 Å². The molecule has 46 heavy (non-hydrogen) atoms. The molecule has 13 heteroatoms. The lowest BCUT2D eigenvalue weighted by Gasteiger charge is -2.29. The second-order valence-corrected chi connectivity index (χ2v) is 11.6. The van der Waals surface area contributed by atoms with Crippen molar-refractivity contribution >= 4 is 76.1 Å². The largest absolute Gasteiger partial charge is 0.368 e. The zero-order valence-electron chi connectivity index (χ0n) is 24.8. The molecule has 0 fully saturated rings. The number of nitrogens with one attached hydrogen (secondary N) is 2. The van der Waals surface area contributed by atoms with Crippen LogP contribution in [-0.4, -0.2) is 40.2 Å². The maximum Gasteiger partial charge on any atom is 0.221 e. The Kier molecular flexibility index (Phi) is 10.7. The number of rotatable bonds is 11. The van der Waals surface area contributed by atoms with E-state index in [9.17, 15) is 9.18 Å². The number of nitrogen functional groups attached to an aromatic ring is 1. The number of para-hydroxylation sites is 1. The number of carbonyl (C=O) groups is 1. The molecule has 5 aromatic rings. The first kappa shape index (κ1) is 32.7. The van der Waals surface area contributed by atoms with Crippen LogP contribution >= 0.6 is 35.1 Å². The molecule has 9 nitrogen and oxygen atoms in total. The molecule has 0 spiro atoms. The first-order valence-electron chi connectivity index (χ1n) is 14.1. The number of benzene rings is 3. The number of hydrogen-bond donors (Lipinski definition) is 3. The van der Waals surface area contributed by atoms with Crippen molar-refractivity contribution in [2.75, 3.05) is 27.7 Å². The molecular weight excluding hydrogens is 646 g/mol. The standard InChI is InChI=1S/C33H29Cl2FN8OS/c1-3-27(32(44(2)21-9-5-4-6-10-21)41-28-13-8-12-26(36)24(28)19-45)40-31-23(18-39-33(37)42-31)20-15-22(17-38-16-20)46-43-29-14-7-11-25(34)30(29)35/h4-19,27,43H,3H2,1-2H3,(H3,37,39,40,42). The molecule has 2 heterocycles. The van der Waals surface area contributed by atoms with Crippen molar-refractivity contribution < 1.29 is 9.18 Å². The predicted molar refractivity (Wildman–Crippen MR) is 187 cm³/mol. The molecule has 1 atom stereocenters. The fraction of sp³-hybridized carbons (Fsp3) is 0.121. The fourth-order valence-corrected chi connectivity index (χ4v) is 5.68. The number of carbonyl (C=O) groups excluding carboxylic acids is 1. The number of aromatic nitrogens is 3. The lowest BCUT2D eigenvalue weighted by Crippen LogP contribution is -2.41. The van der Waals surface area contributed by atoms with Crippen molar-refractivity contribution in [3.63, 3.8) is 0 Å². The van der Waals surface area contributed by atoms with Gasteiger partial charge in [0.15, 0.2) is 6.29 Å². The van der Waals surface area contributed by atoms with Crippen LogP contribution in [0.3, 0.4) is 0 Å². The Morgan fingerprint density at radius 1 is 1.09 bits per heavy atom. The minimum atomic E-state index is -0.651. The Balaban J connectivity index is 1.51. The van der Waals surface area contributed by atoms with E-state index in [1.165, 1.54) is 24.1 Å². The van der Waals surface area contributed by atoms with Gasteiger partial charge in [-0.1, -0.05) is 60.5 Å². The average molecular weight is 676 g/mol. The van der Waals surface area contributed by atoms with Gasteiger partial charge in [0.2, 0.25) is 5.95 Å². The summed E-state index contributed by atoms with van der Waals surface area (Å²) >= 11 is 13.8. The van der Waals surface area contributed by atoms with Crippen LogP contribution in [0.2, 0.25) is 10.0 Å². The molecule has 0 amide bonds. The van der Waals surface area contributed by atoms with Gasteiger partial charge in [-0.05, 0) is 60.8 Å². The Bertz CT molecular complexity index is 1880. The van der Waals surface area contributed by atoms with Gasteiger partial charge in [0.1, 0.15) is 17.5 Å². The summed E-state index contributed by atoms with van der Waals surface area (Å²) in [7, 11) is 1.86. The number of pyridine rings is 1. The van der Waals surface area contributed by atoms with Gasteiger partial charge in [0.25, 0.3) is 0 Å². The van der Waals surface area contributed by atoms with E-state index in [-0.39, 0.29) is 17.2 Å². The number of aliphatic imine (C=N–C) groups is 1. The molecule has 0 saturated heterocycles. The van der Waals surface area contributed by atoms with E-state index >= 15 is 0 Å². The third-order valence-electron chi connectivity index (χ3n) is 6.96. The summed E-state index contributed by atoms with van der Waals surface area (Å²) in [5.41, 5.74) is 9.01. The van der Waals surface area contributed by atoms with Crippen LogP contribution < -0.4 is 20.7 Å². The third kappa shape index (κ3) is 7.56. The lowest BCUT2D eigenvalue weighted by atomic mass is 10.1. The summed E-state index contributed by atoms with van der Waals surface area (Å²) in [6.45, 7) is 1.98. The molecular formula is C33H29Cl2FN8OS. The fourth-order valence-electron chi connectivity index (χ4n) is 4.58. The van der Waals surface area contributed by atoms with Crippen molar-refractivity contribution in [1.29, 1.82) is 0 Å².